The van der Waals surface area contributed by atoms with Gasteiger partial charge in [0.2, 0.25) is 5.76 Å². The summed E-state index contributed by atoms with van der Waals surface area (Å²) in [5.41, 5.74) is 5.39. The standard InChI is InChI=1S/C31H31NO4/c1-5-6-7-16-35-24-13-10-22(11-14-24)28-27-29(33)25-17-19(2)8-15-26(25)36-30(27)31(34)32(28)23-12-9-20(3)21(4)18-23/h8-15,17-18,28H,5-7,16H2,1-4H3. The molecule has 36 heavy (non-hydrogen) atoms. The van der Waals surface area contributed by atoms with E-state index in [2.05, 4.69) is 6.92 Å². The first-order valence-electron chi connectivity index (χ1n) is 12.6. The minimum Gasteiger partial charge on any atom is -0.494 e. The zero-order chi connectivity index (χ0) is 25.4. The number of anilines is 1. The molecule has 0 saturated carbocycles. The monoisotopic (exact) mass is 481 g/mol. The first kappa shape index (κ1) is 23.9. The van der Waals surface area contributed by atoms with E-state index in [1.54, 1.807) is 11.0 Å². The summed E-state index contributed by atoms with van der Waals surface area (Å²) >= 11 is 0. The van der Waals surface area contributed by atoms with Gasteiger partial charge in [-0.2, -0.15) is 0 Å². The van der Waals surface area contributed by atoms with Crippen LogP contribution in [0.25, 0.3) is 11.0 Å². The second-order valence-electron chi connectivity index (χ2n) is 9.64. The SMILES string of the molecule is CCCCCOc1ccc(C2c3c(oc4ccc(C)cc4c3=O)C(=O)N2c2ccc(C)c(C)c2)cc1. The average Bonchev–Trinajstić information content (AvgIpc) is 3.17. The van der Waals surface area contributed by atoms with Gasteiger partial charge in [-0.15, -0.1) is 0 Å². The highest BCUT2D eigenvalue weighted by atomic mass is 16.5. The van der Waals surface area contributed by atoms with Crippen LogP contribution in [0.4, 0.5) is 5.69 Å². The van der Waals surface area contributed by atoms with E-state index < -0.39 is 6.04 Å². The van der Waals surface area contributed by atoms with Crippen LogP contribution in [-0.4, -0.2) is 12.5 Å². The molecule has 3 aromatic carbocycles. The van der Waals surface area contributed by atoms with Gasteiger partial charge in [-0.05, 0) is 80.3 Å². The quantitative estimate of drug-likeness (QED) is 0.266. The van der Waals surface area contributed by atoms with Crippen LogP contribution in [0.3, 0.4) is 0 Å². The van der Waals surface area contributed by atoms with Crippen LogP contribution in [0.2, 0.25) is 0 Å². The second-order valence-corrected chi connectivity index (χ2v) is 9.64. The number of nitrogens with zero attached hydrogens (tertiary/aromatic N) is 1. The molecule has 1 aliphatic heterocycles. The van der Waals surface area contributed by atoms with Crippen molar-refractivity contribution in [2.75, 3.05) is 11.5 Å². The van der Waals surface area contributed by atoms with Gasteiger partial charge in [0.05, 0.1) is 23.6 Å². The van der Waals surface area contributed by atoms with Crippen LogP contribution >= 0.6 is 0 Å². The van der Waals surface area contributed by atoms with Gasteiger partial charge in [0.1, 0.15) is 11.3 Å². The molecule has 0 N–H and O–H groups in total. The molecule has 1 atom stereocenters. The van der Waals surface area contributed by atoms with Gasteiger partial charge in [-0.1, -0.05) is 49.6 Å². The summed E-state index contributed by atoms with van der Waals surface area (Å²) in [6, 6.07) is 18.5. The lowest BCUT2D eigenvalue weighted by molar-refractivity contribution is 0.0971. The molecule has 4 aromatic rings. The fourth-order valence-corrected chi connectivity index (χ4v) is 4.83. The fourth-order valence-electron chi connectivity index (χ4n) is 4.83. The molecule has 0 radical (unpaired) electrons. The molecule has 5 heteroatoms. The Labute approximate surface area is 211 Å². The summed E-state index contributed by atoms with van der Waals surface area (Å²) in [7, 11) is 0. The molecule has 2 heterocycles. The van der Waals surface area contributed by atoms with E-state index in [9.17, 15) is 9.59 Å². The molecule has 0 spiro atoms. The van der Waals surface area contributed by atoms with Gasteiger partial charge in [-0.3, -0.25) is 14.5 Å². The molecular formula is C31H31NO4. The van der Waals surface area contributed by atoms with Crippen LogP contribution in [0, 0.1) is 20.8 Å². The van der Waals surface area contributed by atoms with Crippen molar-refractivity contribution in [1.82, 2.24) is 0 Å². The highest BCUT2D eigenvalue weighted by Gasteiger charge is 2.43. The number of hydrogen-bond acceptors (Lipinski definition) is 4. The third-order valence-electron chi connectivity index (χ3n) is 7.01. The van der Waals surface area contributed by atoms with E-state index in [1.165, 1.54) is 0 Å². The van der Waals surface area contributed by atoms with Crippen molar-refractivity contribution < 1.29 is 13.9 Å². The lowest BCUT2D eigenvalue weighted by Crippen LogP contribution is -2.29. The highest BCUT2D eigenvalue weighted by molar-refractivity contribution is 6.10. The van der Waals surface area contributed by atoms with Gasteiger partial charge < -0.3 is 9.15 Å². The summed E-state index contributed by atoms with van der Waals surface area (Å²) in [5, 5.41) is 0.490. The molecule has 0 saturated heterocycles. The lowest BCUT2D eigenvalue weighted by Gasteiger charge is -2.26. The van der Waals surface area contributed by atoms with Crippen LogP contribution in [0.5, 0.6) is 5.75 Å². The van der Waals surface area contributed by atoms with Crippen molar-refractivity contribution in [3.8, 4) is 5.75 Å². The number of ether oxygens (including phenoxy) is 1. The smallest absolute Gasteiger partial charge is 0.295 e. The minimum atomic E-state index is -0.593. The number of amides is 1. The average molecular weight is 482 g/mol. The van der Waals surface area contributed by atoms with Gasteiger partial charge in [0.15, 0.2) is 5.43 Å². The molecule has 0 aliphatic carbocycles. The molecule has 1 aromatic heterocycles. The number of unbranched alkanes of at least 4 members (excludes halogenated alkanes) is 2. The lowest BCUT2D eigenvalue weighted by atomic mass is 9.97. The number of aryl methyl sites for hydroxylation is 3. The second kappa shape index (κ2) is 9.65. The Hall–Kier alpha value is -3.86. The first-order chi connectivity index (χ1) is 17.4. The van der Waals surface area contributed by atoms with Gasteiger partial charge >= 0.3 is 0 Å². The Bertz CT molecular complexity index is 1500. The van der Waals surface area contributed by atoms with Gasteiger partial charge in [-0.25, -0.2) is 0 Å². The zero-order valence-corrected chi connectivity index (χ0v) is 21.3. The molecule has 5 rings (SSSR count). The Morgan fingerprint density at radius 3 is 2.39 bits per heavy atom. The third-order valence-corrected chi connectivity index (χ3v) is 7.01. The zero-order valence-electron chi connectivity index (χ0n) is 21.3. The Balaban J connectivity index is 1.64. The fraction of sp³-hybridized carbons (Fsp3) is 0.290. The van der Waals surface area contributed by atoms with E-state index in [-0.39, 0.29) is 17.1 Å². The maximum absolute atomic E-state index is 13.8. The summed E-state index contributed by atoms with van der Waals surface area (Å²) in [4.78, 5) is 29.3. The van der Waals surface area contributed by atoms with Crippen molar-refractivity contribution in [2.24, 2.45) is 0 Å². The third kappa shape index (κ3) is 4.19. The number of carbonyl (C=O) groups is 1. The number of carbonyl (C=O) groups excluding carboxylic acids is 1. The van der Waals surface area contributed by atoms with E-state index in [0.717, 1.165) is 53.0 Å². The maximum atomic E-state index is 13.8. The predicted octanol–water partition coefficient (Wildman–Crippen LogP) is 7.04. The maximum Gasteiger partial charge on any atom is 0.295 e. The Morgan fingerprint density at radius 1 is 0.889 bits per heavy atom. The molecule has 1 aliphatic rings. The highest BCUT2D eigenvalue weighted by Crippen LogP contribution is 2.42. The summed E-state index contributed by atoms with van der Waals surface area (Å²) in [6.07, 6.45) is 3.28. The Morgan fingerprint density at radius 2 is 1.67 bits per heavy atom. The van der Waals surface area contributed by atoms with E-state index in [4.69, 9.17) is 9.15 Å². The molecular weight excluding hydrogens is 450 g/mol. The summed E-state index contributed by atoms with van der Waals surface area (Å²) < 4.78 is 12.0. The number of fused-ring (bicyclic) bond motifs is 2. The Kier molecular flexibility index (Phi) is 6.40. The van der Waals surface area contributed by atoms with Crippen molar-refractivity contribution >= 4 is 22.6 Å². The predicted molar refractivity (Wildman–Crippen MR) is 143 cm³/mol. The molecule has 5 nitrogen and oxygen atoms in total. The van der Waals surface area contributed by atoms with Crippen molar-refractivity contribution in [3.63, 3.8) is 0 Å². The molecule has 1 unspecified atom stereocenters. The summed E-state index contributed by atoms with van der Waals surface area (Å²) in [5.74, 6) is 0.579. The van der Waals surface area contributed by atoms with Crippen LogP contribution in [0.15, 0.2) is 69.9 Å². The topological polar surface area (TPSA) is 59.8 Å². The van der Waals surface area contributed by atoms with E-state index in [1.807, 2.05) is 75.4 Å². The van der Waals surface area contributed by atoms with Crippen molar-refractivity contribution in [3.05, 3.63) is 104 Å². The van der Waals surface area contributed by atoms with Crippen LogP contribution in [0.1, 0.15) is 70.6 Å². The number of hydrogen-bond donors (Lipinski definition) is 0. The number of benzene rings is 3. The normalized spacial score (nSPS) is 14.9. The van der Waals surface area contributed by atoms with Gasteiger partial charge in [0.25, 0.3) is 5.91 Å². The van der Waals surface area contributed by atoms with Gasteiger partial charge in [0, 0.05) is 5.69 Å². The van der Waals surface area contributed by atoms with Crippen molar-refractivity contribution in [1.29, 1.82) is 0 Å². The molecule has 1 amide bonds. The summed E-state index contributed by atoms with van der Waals surface area (Å²) in [6.45, 7) is 8.83. The minimum absolute atomic E-state index is 0.111. The van der Waals surface area contributed by atoms with E-state index in [0.29, 0.717) is 23.1 Å². The van der Waals surface area contributed by atoms with E-state index >= 15 is 0 Å². The van der Waals surface area contributed by atoms with Crippen LogP contribution in [-0.2, 0) is 0 Å². The first-order valence-corrected chi connectivity index (χ1v) is 12.6. The largest absolute Gasteiger partial charge is 0.494 e. The number of rotatable bonds is 7. The molecule has 184 valence electrons. The van der Waals surface area contributed by atoms with Crippen molar-refractivity contribution in [2.45, 2.75) is 53.0 Å². The van der Waals surface area contributed by atoms with Crippen LogP contribution < -0.4 is 15.1 Å². The molecule has 0 bridgehead atoms. The molecule has 0 fully saturated rings.